The normalized spacial score (nSPS) is 20.1. The van der Waals surface area contributed by atoms with Gasteiger partial charge in [0.2, 0.25) is 5.91 Å². The van der Waals surface area contributed by atoms with E-state index in [-0.39, 0.29) is 17.9 Å². The van der Waals surface area contributed by atoms with Crippen LogP contribution in [-0.2, 0) is 4.79 Å². The standard InChI is InChI=1S/C15H17Cl2NO/c1-10(12-7-8-13(16)14(17)9-12)18-15(19)11-5-3-2-4-6-11/h2-3,7-11H,4-6H2,1H3,(H,18,19)/t10-,11-/m1/s1. The lowest BCUT2D eigenvalue weighted by Gasteiger charge is -2.21. The largest absolute Gasteiger partial charge is 0.349 e. The lowest BCUT2D eigenvalue weighted by molar-refractivity contribution is -0.125. The molecule has 1 aliphatic carbocycles. The molecule has 0 radical (unpaired) electrons. The van der Waals surface area contributed by atoms with Gasteiger partial charge in [-0.25, -0.2) is 0 Å². The number of allylic oxidation sites excluding steroid dienone is 2. The topological polar surface area (TPSA) is 29.1 Å². The van der Waals surface area contributed by atoms with Crippen LogP contribution < -0.4 is 5.32 Å². The molecule has 0 heterocycles. The van der Waals surface area contributed by atoms with E-state index in [1.807, 2.05) is 13.0 Å². The van der Waals surface area contributed by atoms with Gasteiger partial charge in [-0.05, 0) is 43.9 Å². The molecule has 0 aromatic heterocycles. The third-order valence-corrected chi connectivity index (χ3v) is 4.18. The van der Waals surface area contributed by atoms with Crippen LogP contribution in [-0.4, -0.2) is 5.91 Å². The van der Waals surface area contributed by atoms with Gasteiger partial charge in [0.05, 0.1) is 16.1 Å². The highest BCUT2D eigenvalue weighted by Gasteiger charge is 2.20. The quantitative estimate of drug-likeness (QED) is 0.816. The molecule has 0 saturated heterocycles. The minimum atomic E-state index is -0.0619. The Morgan fingerprint density at radius 3 is 2.74 bits per heavy atom. The van der Waals surface area contributed by atoms with E-state index in [1.54, 1.807) is 12.1 Å². The van der Waals surface area contributed by atoms with Gasteiger partial charge in [-0.1, -0.05) is 41.4 Å². The van der Waals surface area contributed by atoms with Crippen LogP contribution in [0.25, 0.3) is 0 Å². The van der Waals surface area contributed by atoms with E-state index in [9.17, 15) is 4.79 Å². The molecule has 2 nitrogen and oxygen atoms in total. The molecule has 0 fully saturated rings. The van der Waals surface area contributed by atoms with Gasteiger partial charge in [-0.15, -0.1) is 0 Å². The first kappa shape index (κ1) is 14.4. The van der Waals surface area contributed by atoms with Crippen molar-refractivity contribution < 1.29 is 4.79 Å². The first-order valence-electron chi connectivity index (χ1n) is 6.48. The molecule has 1 N–H and O–H groups in total. The van der Waals surface area contributed by atoms with E-state index in [2.05, 4.69) is 17.5 Å². The second-order valence-corrected chi connectivity index (χ2v) is 5.70. The second kappa shape index (κ2) is 6.44. The Labute approximate surface area is 123 Å². The Balaban J connectivity index is 1.99. The molecule has 1 aliphatic rings. The summed E-state index contributed by atoms with van der Waals surface area (Å²) >= 11 is 11.9. The molecule has 0 aliphatic heterocycles. The predicted octanol–water partition coefficient (Wildman–Crippen LogP) is 4.53. The number of halogens is 2. The first-order chi connectivity index (χ1) is 9.08. The Bertz CT molecular complexity index is 499. The van der Waals surface area contributed by atoms with Crippen molar-refractivity contribution in [1.82, 2.24) is 5.32 Å². The van der Waals surface area contributed by atoms with Gasteiger partial charge >= 0.3 is 0 Å². The Kier molecular flexibility index (Phi) is 4.89. The molecule has 102 valence electrons. The maximum absolute atomic E-state index is 12.1. The summed E-state index contributed by atoms with van der Waals surface area (Å²) in [6.07, 6.45) is 6.96. The Morgan fingerprint density at radius 1 is 1.32 bits per heavy atom. The zero-order chi connectivity index (χ0) is 13.8. The molecular weight excluding hydrogens is 281 g/mol. The number of hydrogen-bond acceptors (Lipinski definition) is 1. The van der Waals surface area contributed by atoms with E-state index in [1.165, 1.54) is 0 Å². The molecule has 19 heavy (non-hydrogen) atoms. The second-order valence-electron chi connectivity index (χ2n) is 4.89. The van der Waals surface area contributed by atoms with Crippen molar-refractivity contribution in [2.24, 2.45) is 5.92 Å². The maximum Gasteiger partial charge on any atom is 0.223 e. The highest BCUT2D eigenvalue weighted by Crippen LogP contribution is 2.26. The number of rotatable bonds is 3. The molecule has 0 bridgehead atoms. The van der Waals surface area contributed by atoms with Crippen LogP contribution in [0.1, 0.15) is 37.8 Å². The van der Waals surface area contributed by atoms with Crippen molar-refractivity contribution in [1.29, 1.82) is 0 Å². The average molecular weight is 298 g/mol. The number of amides is 1. The van der Waals surface area contributed by atoms with Crippen LogP contribution in [0.15, 0.2) is 30.4 Å². The van der Waals surface area contributed by atoms with Crippen LogP contribution >= 0.6 is 23.2 Å². The molecule has 4 heteroatoms. The molecule has 0 spiro atoms. The smallest absolute Gasteiger partial charge is 0.223 e. The third-order valence-electron chi connectivity index (χ3n) is 3.44. The third kappa shape index (κ3) is 3.74. The minimum Gasteiger partial charge on any atom is -0.349 e. The summed E-state index contributed by atoms with van der Waals surface area (Å²) in [6, 6.07) is 5.38. The summed E-state index contributed by atoms with van der Waals surface area (Å²) < 4.78 is 0. The fourth-order valence-electron chi connectivity index (χ4n) is 2.23. The monoisotopic (exact) mass is 297 g/mol. The molecule has 0 unspecified atom stereocenters. The first-order valence-corrected chi connectivity index (χ1v) is 7.24. The van der Waals surface area contributed by atoms with Gasteiger partial charge in [0.1, 0.15) is 0 Å². The minimum absolute atomic E-state index is 0.0619. The van der Waals surface area contributed by atoms with Gasteiger partial charge in [-0.2, -0.15) is 0 Å². The van der Waals surface area contributed by atoms with Crippen molar-refractivity contribution in [3.63, 3.8) is 0 Å². The van der Waals surface area contributed by atoms with Crippen LogP contribution in [0.3, 0.4) is 0 Å². The molecular formula is C15H17Cl2NO. The van der Waals surface area contributed by atoms with E-state index in [0.29, 0.717) is 10.0 Å². The van der Waals surface area contributed by atoms with Crippen LogP contribution in [0, 0.1) is 5.92 Å². The van der Waals surface area contributed by atoms with Crippen molar-refractivity contribution in [3.05, 3.63) is 46.0 Å². The molecule has 1 aromatic rings. The molecule has 0 saturated carbocycles. The van der Waals surface area contributed by atoms with E-state index in [0.717, 1.165) is 24.8 Å². The van der Waals surface area contributed by atoms with Crippen LogP contribution in [0.2, 0.25) is 10.0 Å². The molecule has 2 atom stereocenters. The molecule has 2 rings (SSSR count). The number of carbonyl (C=O) groups excluding carboxylic acids is 1. The average Bonchev–Trinajstić information content (AvgIpc) is 2.42. The zero-order valence-electron chi connectivity index (χ0n) is 10.8. The van der Waals surface area contributed by atoms with Crippen LogP contribution in [0.4, 0.5) is 0 Å². The van der Waals surface area contributed by atoms with E-state index in [4.69, 9.17) is 23.2 Å². The van der Waals surface area contributed by atoms with Gasteiger partial charge in [0.15, 0.2) is 0 Å². The maximum atomic E-state index is 12.1. The fraction of sp³-hybridized carbons (Fsp3) is 0.400. The Hall–Kier alpha value is -0.990. The fourth-order valence-corrected chi connectivity index (χ4v) is 2.53. The zero-order valence-corrected chi connectivity index (χ0v) is 12.3. The predicted molar refractivity (Wildman–Crippen MR) is 79.5 cm³/mol. The lowest BCUT2D eigenvalue weighted by atomic mass is 9.93. The Morgan fingerprint density at radius 2 is 2.11 bits per heavy atom. The van der Waals surface area contributed by atoms with Crippen LogP contribution in [0.5, 0.6) is 0 Å². The summed E-state index contributed by atoms with van der Waals surface area (Å²) in [5.41, 5.74) is 0.967. The number of nitrogens with one attached hydrogen (secondary N) is 1. The van der Waals surface area contributed by atoms with Crippen molar-refractivity contribution >= 4 is 29.1 Å². The lowest BCUT2D eigenvalue weighted by Crippen LogP contribution is -2.33. The van der Waals surface area contributed by atoms with Gasteiger partial charge in [0, 0.05) is 5.92 Å². The van der Waals surface area contributed by atoms with Gasteiger partial charge in [-0.3, -0.25) is 4.79 Å². The SMILES string of the molecule is C[C@@H](NC(=O)[C@@H]1CC=CCC1)c1ccc(Cl)c(Cl)c1. The van der Waals surface area contributed by atoms with E-state index >= 15 is 0 Å². The number of hydrogen-bond donors (Lipinski definition) is 1. The number of carbonyl (C=O) groups is 1. The van der Waals surface area contributed by atoms with Gasteiger partial charge < -0.3 is 5.32 Å². The molecule has 1 amide bonds. The van der Waals surface area contributed by atoms with Crippen molar-refractivity contribution in [2.45, 2.75) is 32.2 Å². The number of benzene rings is 1. The highest BCUT2D eigenvalue weighted by molar-refractivity contribution is 6.42. The summed E-state index contributed by atoms with van der Waals surface area (Å²) in [5, 5.41) is 4.08. The van der Waals surface area contributed by atoms with Crippen molar-refractivity contribution in [2.75, 3.05) is 0 Å². The highest BCUT2D eigenvalue weighted by atomic mass is 35.5. The van der Waals surface area contributed by atoms with E-state index < -0.39 is 0 Å². The van der Waals surface area contributed by atoms with Gasteiger partial charge in [0.25, 0.3) is 0 Å². The summed E-state index contributed by atoms with van der Waals surface area (Å²) in [4.78, 5) is 12.1. The summed E-state index contributed by atoms with van der Waals surface area (Å²) in [7, 11) is 0. The summed E-state index contributed by atoms with van der Waals surface area (Å²) in [6.45, 7) is 1.95. The summed E-state index contributed by atoms with van der Waals surface area (Å²) in [5.74, 6) is 0.207. The van der Waals surface area contributed by atoms with Crippen molar-refractivity contribution in [3.8, 4) is 0 Å². The molecule has 1 aromatic carbocycles.